The van der Waals surface area contributed by atoms with Gasteiger partial charge in [0.05, 0.1) is 21.8 Å². The highest BCUT2D eigenvalue weighted by Gasteiger charge is 2.21. The fourth-order valence-corrected chi connectivity index (χ4v) is 2.96. The summed E-state index contributed by atoms with van der Waals surface area (Å²) in [5, 5.41) is 4.62. The van der Waals surface area contributed by atoms with Crippen LogP contribution in [0, 0.1) is 0 Å². The van der Waals surface area contributed by atoms with E-state index >= 15 is 0 Å². The zero-order valence-electron chi connectivity index (χ0n) is 11.2. The second kappa shape index (κ2) is 6.31. The standard InChI is InChI=1S/C14H20Cl2N2O/c1-8-5-11(3-4-19-8)18-9(2)10-6-12(15)14(17)13(16)7-10/h6-9,11,18H,3-5,17H2,1-2H3/t8-,9+,11-/m1/s1. The number of ether oxygens (including phenoxy) is 1. The van der Waals surface area contributed by atoms with Gasteiger partial charge in [0.1, 0.15) is 0 Å². The van der Waals surface area contributed by atoms with Gasteiger partial charge in [-0.2, -0.15) is 0 Å². The molecule has 0 bridgehead atoms. The van der Waals surface area contributed by atoms with Crippen LogP contribution in [-0.4, -0.2) is 18.8 Å². The Bertz CT molecular complexity index is 430. The van der Waals surface area contributed by atoms with E-state index in [1.165, 1.54) is 0 Å². The molecule has 0 aromatic heterocycles. The van der Waals surface area contributed by atoms with E-state index in [2.05, 4.69) is 19.2 Å². The van der Waals surface area contributed by atoms with Gasteiger partial charge in [-0.25, -0.2) is 0 Å². The summed E-state index contributed by atoms with van der Waals surface area (Å²) in [4.78, 5) is 0. The molecule has 0 aliphatic carbocycles. The first-order valence-electron chi connectivity index (χ1n) is 6.59. The molecular weight excluding hydrogens is 283 g/mol. The van der Waals surface area contributed by atoms with Crippen molar-refractivity contribution in [3.63, 3.8) is 0 Å². The van der Waals surface area contributed by atoms with Gasteiger partial charge in [-0.3, -0.25) is 0 Å². The zero-order chi connectivity index (χ0) is 14.0. The van der Waals surface area contributed by atoms with Crippen molar-refractivity contribution in [1.82, 2.24) is 5.32 Å². The van der Waals surface area contributed by atoms with Crippen LogP contribution in [0.25, 0.3) is 0 Å². The molecular formula is C14H20Cl2N2O. The maximum absolute atomic E-state index is 6.07. The van der Waals surface area contributed by atoms with E-state index in [9.17, 15) is 0 Å². The molecule has 0 saturated carbocycles. The Hall–Kier alpha value is -0.480. The third-order valence-electron chi connectivity index (χ3n) is 3.57. The Morgan fingerprint density at radius 1 is 1.37 bits per heavy atom. The van der Waals surface area contributed by atoms with E-state index < -0.39 is 0 Å². The van der Waals surface area contributed by atoms with Gasteiger partial charge in [0.2, 0.25) is 0 Å². The summed E-state index contributed by atoms with van der Waals surface area (Å²) in [5.41, 5.74) is 7.25. The largest absolute Gasteiger partial charge is 0.396 e. The molecule has 1 aromatic rings. The molecule has 19 heavy (non-hydrogen) atoms. The second-order valence-corrected chi connectivity index (χ2v) is 6.00. The third-order valence-corrected chi connectivity index (χ3v) is 4.20. The molecule has 1 heterocycles. The third kappa shape index (κ3) is 3.76. The first kappa shape index (κ1) is 14.9. The second-order valence-electron chi connectivity index (χ2n) is 5.19. The Morgan fingerprint density at radius 3 is 2.58 bits per heavy atom. The first-order valence-corrected chi connectivity index (χ1v) is 7.35. The van der Waals surface area contributed by atoms with Crippen LogP contribution in [0.15, 0.2) is 12.1 Å². The molecule has 3 N–H and O–H groups in total. The van der Waals surface area contributed by atoms with Crippen molar-refractivity contribution in [1.29, 1.82) is 0 Å². The van der Waals surface area contributed by atoms with E-state index in [0.29, 0.717) is 27.9 Å². The summed E-state index contributed by atoms with van der Waals surface area (Å²) in [7, 11) is 0. The van der Waals surface area contributed by atoms with E-state index in [0.717, 1.165) is 25.0 Å². The molecule has 1 aromatic carbocycles. The number of hydrogen-bond donors (Lipinski definition) is 2. The van der Waals surface area contributed by atoms with Gasteiger partial charge in [-0.1, -0.05) is 23.2 Å². The fourth-order valence-electron chi connectivity index (χ4n) is 2.45. The molecule has 1 aliphatic heterocycles. The SMILES string of the molecule is C[C@@H]1C[C@H](N[C@@H](C)c2cc(Cl)c(N)c(Cl)c2)CCO1. The number of nitrogens with two attached hydrogens (primary N) is 1. The number of benzene rings is 1. The van der Waals surface area contributed by atoms with Crippen LogP contribution in [0.3, 0.4) is 0 Å². The lowest BCUT2D eigenvalue weighted by Crippen LogP contribution is -2.39. The number of nitrogens with one attached hydrogen (secondary N) is 1. The van der Waals surface area contributed by atoms with Crippen LogP contribution in [-0.2, 0) is 4.74 Å². The van der Waals surface area contributed by atoms with Crippen LogP contribution in [0.4, 0.5) is 5.69 Å². The summed E-state index contributed by atoms with van der Waals surface area (Å²) >= 11 is 12.1. The fraction of sp³-hybridized carbons (Fsp3) is 0.571. The van der Waals surface area contributed by atoms with Crippen molar-refractivity contribution in [2.75, 3.05) is 12.3 Å². The van der Waals surface area contributed by atoms with Gasteiger partial charge in [-0.05, 0) is 44.4 Å². The minimum Gasteiger partial charge on any atom is -0.396 e. The van der Waals surface area contributed by atoms with E-state index in [1.54, 1.807) is 0 Å². The van der Waals surface area contributed by atoms with Crippen LogP contribution in [0.1, 0.15) is 38.3 Å². The molecule has 106 valence electrons. The monoisotopic (exact) mass is 302 g/mol. The predicted octanol–water partition coefficient (Wildman–Crippen LogP) is 3.79. The van der Waals surface area contributed by atoms with Crippen molar-refractivity contribution in [3.05, 3.63) is 27.7 Å². The molecule has 1 aliphatic rings. The Morgan fingerprint density at radius 2 is 2.00 bits per heavy atom. The van der Waals surface area contributed by atoms with Crippen molar-refractivity contribution >= 4 is 28.9 Å². The lowest BCUT2D eigenvalue weighted by Gasteiger charge is -2.30. The van der Waals surface area contributed by atoms with E-state index in [1.807, 2.05) is 12.1 Å². The highest BCUT2D eigenvalue weighted by Crippen LogP contribution is 2.31. The molecule has 3 nitrogen and oxygen atoms in total. The summed E-state index contributed by atoms with van der Waals surface area (Å²) < 4.78 is 5.55. The summed E-state index contributed by atoms with van der Waals surface area (Å²) in [6, 6.07) is 4.41. The summed E-state index contributed by atoms with van der Waals surface area (Å²) in [6.45, 7) is 5.03. The Balaban J connectivity index is 2.05. The minimum absolute atomic E-state index is 0.186. The van der Waals surface area contributed by atoms with Crippen molar-refractivity contribution in [3.8, 4) is 0 Å². The van der Waals surface area contributed by atoms with Crippen LogP contribution < -0.4 is 11.1 Å². The maximum atomic E-state index is 6.07. The molecule has 3 atom stereocenters. The van der Waals surface area contributed by atoms with Gasteiger partial charge < -0.3 is 15.8 Å². The van der Waals surface area contributed by atoms with Gasteiger partial charge in [0.15, 0.2) is 0 Å². The van der Waals surface area contributed by atoms with Crippen LogP contribution in [0.2, 0.25) is 10.0 Å². The maximum Gasteiger partial charge on any atom is 0.0693 e. The average Bonchev–Trinajstić information content (AvgIpc) is 2.35. The number of anilines is 1. The summed E-state index contributed by atoms with van der Waals surface area (Å²) in [5.74, 6) is 0. The molecule has 5 heteroatoms. The Labute approximate surface area is 124 Å². The zero-order valence-corrected chi connectivity index (χ0v) is 12.8. The number of hydrogen-bond acceptors (Lipinski definition) is 3. The van der Waals surface area contributed by atoms with Crippen molar-refractivity contribution < 1.29 is 4.74 Å². The van der Waals surface area contributed by atoms with Crippen LogP contribution in [0.5, 0.6) is 0 Å². The molecule has 1 fully saturated rings. The first-order chi connectivity index (χ1) is 8.97. The van der Waals surface area contributed by atoms with Gasteiger partial charge >= 0.3 is 0 Å². The Kier molecular flexibility index (Phi) is 4.96. The topological polar surface area (TPSA) is 47.3 Å². The van der Waals surface area contributed by atoms with Gasteiger partial charge in [-0.15, -0.1) is 0 Å². The molecule has 0 amide bonds. The van der Waals surface area contributed by atoms with Crippen molar-refractivity contribution in [2.45, 2.75) is 44.9 Å². The average molecular weight is 303 g/mol. The normalized spacial score (nSPS) is 25.3. The molecule has 0 radical (unpaired) electrons. The molecule has 0 unspecified atom stereocenters. The number of nitrogen functional groups attached to an aromatic ring is 1. The quantitative estimate of drug-likeness (QED) is 0.835. The van der Waals surface area contributed by atoms with Gasteiger partial charge in [0.25, 0.3) is 0 Å². The highest BCUT2D eigenvalue weighted by molar-refractivity contribution is 6.38. The lowest BCUT2D eigenvalue weighted by atomic mass is 10.0. The number of rotatable bonds is 3. The number of halogens is 2. The minimum atomic E-state index is 0.186. The van der Waals surface area contributed by atoms with E-state index in [-0.39, 0.29) is 6.04 Å². The molecule has 1 saturated heterocycles. The predicted molar refractivity (Wildman–Crippen MR) is 80.9 cm³/mol. The van der Waals surface area contributed by atoms with Crippen LogP contribution >= 0.6 is 23.2 Å². The van der Waals surface area contributed by atoms with Gasteiger partial charge in [0, 0.05) is 18.7 Å². The van der Waals surface area contributed by atoms with Crippen molar-refractivity contribution in [2.24, 2.45) is 0 Å². The smallest absolute Gasteiger partial charge is 0.0693 e. The highest BCUT2D eigenvalue weighted by atomic mass is 35.5. The summed E-state index contributed by atoms with van der Waals surface area (Å²) in [6.07, 6.45) is 2.38. The molecule has 2 rings (SSSR count). The lowest BCUT2D eigenvalue weighted by molar-refractivity contribution is 0.0116. The van der Waals surface area contributed by atoms with E-state index in [4.69, 9.17) is 33.7 Å². The molecule has 0 spiro atoms.